The minimum atomic E-state index is -0.605. The van der Waals surface area contributed by atoms with E-state index in [4.69, 9.17) is 19.5 Å². The number of rotatable bonds is 3. The molecule has 0 aromatic carbocycles. The molecule has 5 heteroatoms. The van der Waals surface area contributed by atoms with Crippen LogP contribution in [0, 0.1) is 11.3 Å². The molecular formula is C9H13NO4. The van der Waals surface area contributed by atoms with Crippen molar-refractivity contribution in [2.45, 2.75) is 32.2 Å². The molecule has 1 aliphatic heterocycles. The first-order valence-corrected chi connectivity index (χ1v) is 4.38. The summed E-state index contributed by atoms with van der Waals surface area (Å²) in [7, 11) is 0. The van der Waals surface area contributed by atoms with Gasteiger partial charge in [0.05, 0.1) is 12.7 Å². The second-order valence-corrected chi connectivity index (χ2v) is 3.47. The standard InChI is InChI=1S/C9H13NO4/c1-9(2)13-6-7(14-9)5-12-8(11)3-4-10/h7H,3,5-6H2,1-2H3. The van der Waals surface area contributed by atoms with Gasteiger partial charge in [0.2, 0.25) is 0 Å². The molecule has 0 N–H and O–H groups in total. The fraction of sp³-hybridized carbons (Fsp3) is 0.778. The van der Waals surface area contributed by atoms with E-state index in [2.05, 4.69) is 0 Å². The van der Waals surface area contributed by atoms with E-state index in [0.717, 1.165) is 0 Å². The van der Waals surface area contributed by atoms with Gasteiger partial charge in [0.15, 0.2) is 5.79 Å². The zero-order valence-electron chi connectivity index (χ0n) is 8.28. The zero-order valence-corrected chi connectivity index (χ0v) is 8.28. The Morgan fingerprint density at radius 1 is 1.71 bits per heavy atom. The van der Waals surface area contributed by atoms with Crippen molar-refractivity contribution >= 4 is 5.97 Å². The predicted molar refractivity (Wildman–Crippen MR) is 46.1 cm³/mol. The van der Waals surface area contributed by atoms with Gasteiger partial charge in [-0.3, -0.25) is 4.79 Å². The average molecular weight is 199 g/mol. The van der Waals surface area contributed by atoms with Crippen LogP contribution < -0.4 is 0 Å². The van der Waals surface area contributed by atoms with Gasteiger partial charge in [-0.1, -0.05) is 0 Å². The second-order valence-electron chi connectivity index (χ2n) is 3.47. The molecule has 0 amide bonds. The van der Waals surface area contributed by atoms with Gasteiger partial charge in [-0.05, 0) is 13.8 Å². The smallest absolute Gasteiger partial charge is 0.320 e. The zero-order chi connectivity index (χ0) is 10.6. The summed E-state index contributed by atoms with van der Waals surface area (Å²) in [4.78, 5) is 10.8. The fourth-order valence-electron chi connectivity index (χ4n) is 1.15. The first-order chi connectivity index (χ1) is 6.53. The molecule has 0 aromatic rings. The van der Waals surface area contributed by atoms with Crippen LogP contribution in [0.1, 0.15) is 20.3 Å². The van der Waals surface area contributed by atoms with Gasteiger partial charge in [-0.25, -0.2) is 0 Å². The third-order valence-electron chi connectivity index (χ3n) is 1.72. The number of nitrogens with zero attached hydrogens (tertiary/aromatic N) is 1. The third-order valence-corrected chi connectivity index (χ3v) is 1.72. The maximum atomic E-state index is 10.8. The Hall–Kier alpha value is -1.12. The summed E-state index contributed by atoms with van der Waals surface area (Å²) in [6.07, 6.45) is -0.454. The van der Waals surface area contributed by atoms with E-state index in [1.807, 2.05) is 0 Å². The highest BCUT2D eigenvalue weighted by Gasteiger charge is 2.33. The lowest BCUT2D eigenvalue weighted by Gasteiger charge is -2.16. The first kappa shape index (κ1) is 11.0. The van der Waals surface area contributed by atoms with Crippen molar-refractivity contribution in [2.24, 2.45) is 0 Å². The molecule has 0 saturated carbocycles. The average Bonchev–Trinajstić information content (AvgIpc) is 2.43. The fourth-order valence-corrected chi connectivity index (χ4v) is 1.15. The van der Waals surface area contributed by atoms with E-state index >= 15 is 0 Å². The lowest BCUT2D eigenvalue weighted by molar-refractivity contribution is -0.157. The van der Waals surface area contributed by atoms with Crippen molar-refractivity contribution in [2.75, 3.05) is 13.2 Å². The molecule has 0 bridgehead atoms. The van der Waals surface area contributed by atoms with Crippen molar-refractivity contribution in [3.05, 3.63) is 0 Å². The van der Waals surface area contributed by atoms with Gasteiger partial charge in [-0.2, -0.15) is 5.26 Å². The summed E-state index contributed by atoms with van der Waals surface area (Å²) in [6.45, 7) is 4.14. The highest BCUT2D eigenvalue weighted by Crippen LogP contribution is 2.22. The van der Waals surface area contributed by atoms with Crippen LogP contribution >= 0.6 is 0 Å². The van der Waals surface area contributed by atoms with Crippen molar-refractivity contribution in [3.63, 3.8) is 0 Å². The van der Waals surface area contributed by atoms with Crippen LogP contribution in [0.2, 0.25) is 0 Å². The van der Waals surface area contributed by atoms with Gasteiger partial charge in [0.1, 0.15) is 19.1 Å². The van der Waals surface area contributed by atoms with E-state index in [-0.39, 0.29) is 19.1 Å². The van der Waals surface area contributed by atoms with Crippen molar-refractivity contribution in [1.82, 2.24) is 0 Å². The van der Waals surface area contributed by atoms with Gasteiger partial charge < -0.3 is 14.2 Å². The number of hydrogen-bond acceptors (Lipinski definition) is 5. The van der Waals surface area contributed by atoms with Crippen LogP contribution in [0.25, 0.3) is 0 Å². The van der Waals surface area contributed by atoms with Gasteiger partial charge in [0.25, 0.3) is 0 Å². The van der Waals surface area contributed by atoms with E-state index < -0.39 is 11.8 Å². The molecule has 1 fully saturated rings. The summed E-state index contributed by atoms with van der Waals surface area (Å²) < 4.78 is 15.5. The number of nitriles is 1. The van der Waals surface area contributed by atoms with Crippen LogP contribution in [0.15, 0.2) is 0 Å². The molecule has 0 radical (unpaired) electrons. The molecule has 1 saturated heterocycles. The van der Waals surface area contributed by atoms with E-state index in [1.54, 1.807) is 19.9 Å². The number of esters is 1. The largest absolute Gasteiger partial charge is 0.462 e. The first-order valence-electron chi connectivity index (χ1n) is 4.38. The Bertz CT molecular complexity index is 256. The van der Waals surface area contributed by atoms with Gasteiger partial charge >= 0.3 is 5.97 Å². The van der Waals surface area contributed by atoms with Crippen molar-refractivity contribution in [3.8, 4) is 6.07 Å². The molecule has 1 atom stereocenters. The minimum absolute atomic E-state index is 0.143. The number of hydrogen-bond donors (Lipinski definition) is 0. The van der Waals surface area contributed by atoms with Crippen LogP contribution in [0.5, 0.6) is 0 Å². The molecule has 0 aliphatic carbocycles. The summed E-state index contributed by atoms with van der Waals surface area (Å²) in [5, 5.41) is 8.20. The maximum Gasteiger partial charge on any atom is 0.320 e. The second kappa shape index (κ2) is 4.40. The molecule has 78 valence electrons. The number of ether oxygens (including phenoxy) is 3. The molecule has 0 aromatic heterocycles. The Morgan fingerprint density at radius 2 is 2.43 bits per heavy atom. The Labute approximate surface area is 82.5 Å². The monoisotopic (exact) mass is 199 g/mol. The van der Waals surface area contributed by atoms with Crippen molar-refractivity contribution in [1.29, 1.82) is 5.26 Å². The minimum Gasteiger partial charge on any atom is -0.462 e. The topological polar surface area (TPSA) is 68.5 Å². The molecule has 1 aliphatic rings. The lowest BCUT2D eigenvalue weighted by atomic mass is 10.4. The highest BCUT2D eigenvalue weighted by molar-refractivity contribution is 5.71. The Morgan fingerprint density at radius 3 is 2.93 bits per heavy atom. The summed E-state index contributed by atoms with van der Waals surface area (Å²) >= 11 is 0. The molecule has 14 heavy (non-hydrogen) atoms. The normalized spacial score (nSPS) is 24.2. The quantitative estimate of drug-likeness (QED) is 0.622. The summed E-state index contributed by atoms with van der Waals surface area (Å²) in [5.74, 6) is -1.13. The van der Waals surface area contributed by atoms with E-state index in [1.165, 1.54) is 0 Å². The SMILES string of the molecule is CC1(C)OCC(COC(=O)CC#N)O1. The Balaban J connectivity index is 2.21. The molecule has 5 nitrogen and oxygen atoms in total. The molecular weight excluding hydrogens is 186 g/mol. The lowest BCUT2D eigenvalue weighted by Crippen LogP contribution is -2.25. The van der Waals surface area contributed by atoms with E-state index in [0.29, 0.717) is 6.61 Å². The Kier molecular flexibility index (Phi) is 3.44. The summed E-state index contributed by atoms with van der Waals surface area (Å²) in [5.41, 5.74) is 0. The molecule has 1 rings (SSSR count). The predicted octanol–water partition coefficient (Wildman–Crippen LogP) is 0.595. The van der Waals surface area contributed by atoms with Crippen LogP contribution in [-0.2, 0) is 19.0 Å². The number of carbonyl (C=O) groups excluding carboxylic acids is 1. The van der Waals surface area contributed by atoms with Crippen LogP contribution in [0.3, 0.4) is 0 Å². The van der Waals surface area contributed by atoms with Crippen LogP contribution in [-0.4, -0.2) is 31.1 Å². The summed E-state index contributed by atoms with van der Waals surface area (Å²) in [6, 6.07) is 1.71. The molecule has 1 unspecified atom stereocenters. The maximum absolute atomic E-state index is 10.8. The van der Waals surface area contributed by atoms with Gasteiger partial charge in [-0.15, -0.1) is 0 Å². The van der Waals surface area contributed by atoms with Crippen molar-refractivity contribution < 1.29 is 19.0 Å². The van der Waals surface area contributed by atoms with Crippen LogP contribution in [0.4, 0.5) is 0 Å². The van der Waals surface area contributed by atoms with E-state index in [9.17, 15) is 4.79 Å². The number of carbonyl (C=O) groups is 1. The highest BCUT2D eigenvalue weighted by atomic mass is 16.7. The molecule has 1 heterocycles. The third kappa shape index (κ3) is 3.32. The molecule has 0 spiro atoms. The van der Waals surface area contributed by atoms with Gasteiger partial charge in [0, 0.05) is 0 Å².